The van der Waals surface area contributed by atoms with Gasteiger partial charge in [-0.25, -0.2) is 0 Å². The third kappa shape index (κ3) is 4.70. The molecule has 5 heteroatoms. The number of hydrogen-bond donors (Lipinski definition) is 1. The molecule has 0 bridgehead atoms. The lowest BCUT2D eigenvalue weighted by atomic mass is 10.2. The van der Waals surface area contributed by atoms with Crippen LogP contribution in [-0.2, 0) is 16.0 Å². The topological polar surface area (TPSA) is 49.4 Å². The van der Waals surface area contributed by atoms with E-state index < -0.39 is 0 Å². The quantitative estimate of drug-likeness (QED) is 0.891. The second-order valence-corrected chi connectivity index (χ2v) is 6.15. The Morgan fingerprint density at radius 1 is 1.23 bits per heavy atom. The summed E-state index contributed by atoms with van der Waals surface area (Å²) in [6.45, 7) is 4.44. The second-order valence-electron chi connectivity index (χ2n) is 5.12. The highest BCUT2D eigenvalue weighted by Gasteiger charge is 2.12. The predicted octanol–water partition coefficient (Wildman–Crippen LogP) is 2.77. The predicted molar refractivity (Wildman–Crippen MR) is 90.2 cm³/mol. The van der Waals surface area contributed by atoms with Crippen molar-refractivity contribution in [3.05, 3.63) is 52.2 Å². The van der Waals surface area contributed by atoms with Crippen molar-refractivity contribution in [2.75, 3.05) is 18.0 Å². The lowest BCUT2D eigenvalue weighted by molar-refractivity contribution is -0.120. The van der Waals surface area contributed by atoms with Crippen LogP contribution < -0.4 is 10.2 Å². The summed E-state index contributed by atoms with van der Waals surface area (Å²) in [7, 11) is 0. The number of carbonyl (C=O) groups excluding carboxylic acids is 2. The van der Waals surface area contributed by atoms with Crippen molar-refractivity contribution in [2.45, 2.75) is 20.3 Å². The number of anilines is 1. The van der Waals surface area contributed by atoms with Crippen LogP contribution in [0.1, 0.15) is 17.4 Å². The summed E-state index contributed by atoms with van der Waals surface area (Å²) < 4.78 is 0. The molecule has 1 aromatic carbocycles. The largest absolute Gasteiger partial charge is 0.354 e. The van der Waals surface area contributed by atoms with Crippen LogP contribution in [0.4, 0.5) is 5.69 Å². The second kappa shape index (κ2) is 7.75. The molecule has 0 saturated heterocycles. The Balaban J connectivity index is 1.87. The SMILES string of the molecule is CC(=O)N(CCNC(=O)Cc1cccs1)c1cccc(C)c1. The van der Waals surface area contributed by atoms with E-state index in [1.54, 1.807) is 16.2 Å². The summed E-state index contributed by atoms with van der Waals surface area (Å²) in [5.41, 5.74) is 1.96. The fourth-order valence-electron chi connectivity index (χ4n) is 2.21. The highest BCUT2D eigenvalue weighted by molar-refractivity contribution is 7.10. The molecule has 2 aromatic rings. The molecule has 0 aliphatic heterocycles. The molecule has 0 spiro atoms. The lowest BCUT2D eigenvalue weighted by Crippen LogP contribution is -2.38. The first-order valence-electron chi connectivity index (χ1n) is 7.20. The van der Waals surface area contributed by atoms with Crippen LogP contribution in [-0.4, -0.2) is 24.9 Å². The van der Waals surface area contributed by atoms with Crippen molar-refractivity contribution in [1.29, 1.82) is 0 Å². The van der Waals surface area contributed by atoms with Crippen molar-refractivity contribution < 1.29 is 9.59 Å². The molecule has 0 fully saturated rings. The molecule has 4 nitrogen and oxygen atoms in total. The van der Waals surface area contributed by atoms with Gasteiger partial charge in [0, 0.05) is 30.6 Å². The van der Waals surface area contributed by atoms with E-state index in [0.29, 0.717) is 19.5 Å². The van der Waals surface area contributed by atoms with Crippen molar-refractivity contribution in [3.63, 3.8) is 0 Å². The highest BCUT2D eigenvalue weighted by Crippen LogP contribution is 2.15. The van der Waals surface area contributed by atoms with E-state index >= 15 is 0 Å². The van der Waals surface area contributed by atoms with Crippen LogP contribution in [0, 0.1) is 6.92 Å². The fraction of sp³-hybridized carbons (Fsp3) is 0.294. The van der Waals surface area contributed by atoms with Gasteiger partial charge in [0.2, 0.25) is 11.8 Å². The number of benzene rings is 1. The number of nitrogens with one attached hydrogen (secondary N) is 1. The molecular formula is C17H20N2O2S. The summed E-state index contributed by atoms with van der Waals surface area (Å²) in [5, 5.41) is 4.82. The maximum Gasteiger partial charge on any atom is 0.225 e. The van der Waals surface area contributed by atoms with Crippen LogP contribution in [0.15, 0.2) is 41.8 Å². The number of carbonyl (C=O) groups is 2. The number of rotatable bonds is 6. The smallest absolute Gasteiger partial charge is 0.225 e. The zero-order valence-corrected chi connectivity index (χ0v) is 13.7. The molecule has 0 unspecified atom stereocenters. The zero-order valence-electron chi connectivity index (χ0n) is 12.8. The van der Waals surface area contributed by atoms with Crippen LogP contribution >= 0.6 is 11.3 Å². The minimum absolute atomic E-state index is 0.0183. The zero-order chi connectivity index (χ0) is 15.9. The summed E-state index contributed by atoms with van der Waals surface area (Å²) in [6, 6.07) is 11.7. The molecule has 0 aliphatic rings. The minimum Gasteiger partial charge on any atom is -0.354 e. The number of amides is 2. The average molecular weight is 316 g/mol. The average Bonchev–Trinajstić information content (AvgIpc) is 2.96. The monoisotopic (exact) mass is 316 g/mol. The summed E-state index contributed by atoms with van der Waals surface area (Å²) in [6.07, 6.45) is 0.391. The molecule has 1 heterocycles. The Kier molecular flexibility index (Phi) is 5.72. The number of nitrogens with zero attached hydrogens (tertiary/aromatic N) is 1. The summed E-state index contributed by atoms with van der Waals surface area (Å²) >= 11 is 1.57. The van der Waals surface area contributed by atoms with Gasteiger partial charge in [-0.3, -0.25) is 9.59 Å². The number of thiophene rings is 1. The maximum atomic E-state index is 11.8. The fourth-order valence-corrected chi connectivity index (χ4v) is 2.91. The molecule has 2 rings (SSSR count). The first-order chi connectivity index (χ1) is 10.6. The van der Waals surface area contributed by atoms with Gasteiger partial charge in [-0.2, -0.15) is 0 Å². The van der Waals surface area contributed by atoms with Gasteiger partial charge in [0.05, 0.1) is 6.42 Å². The third-order valence-corrected chi connectivity index (χ3v) is 4.14. The van der Waals surface area contributed by atoms with Gasteiger partial charge < -0.3 is 10.2 Å². The molecule has 0 aliphatic carbocycles. The van der Waals surface area contributed by atoms with Crippen molar-refractivity contribution in [2.24, 2.45) is 0 Å². The van der Waals surface area contributed by atoms with Crippen molar-refractivity contribution in [3.8, 4) is 0 Å². The normalized spacial score (nSPS) is 10.3. The van der Waals surface area contributed by atoms with Crippen LogP contribution in [0.3, 0.4) is 0 Å². The van der Waals surface area contributed by atoms with Crippen LogP contribution in [0.25, 0.3) is 0 Å². The summed E-state index contributed by atoms with van der Waals surface area (Å²) in [5.74, 6) is -0.0479. The van der Waals surface area contributed by atoms with Gasteiger partial charge >= 0.3 is 0 Å². The van der Waals surface area contributed by atoms with Gasteiger partial charge in [-0.1, -0.05) is 18.2 Å². The highest BCUT2D eigenvalue weighted by atomic mass is 32.1. The van der Waals surface area contributed by atoms with Gasteiger partial charge in [0.25, 0.3) is 0 Å². The molecule has 116 valence electrons. The standard InChI is InChI=1S/C17H20N2O2S/c1-13-5-3-6-15(11-13)19(14(2)20)9-8-18-17(21)12-16-7-4-10-22-16/h3-7,10-11H,8-9,12H2,1-2H3,(H,18,21). The lowest BCUT2D eigenvalue weighted by Gasteiger charge is -2.21. The number of hydrogen-bond acceptors (Lipinski definition) is 3. The first-order valence-corrected chi connectivity index (χ1v) is 8.08. The molecule has 2 amide bonds. The van der Waals surface area contributed by atoms with E-state index in [-0.39, 0.29) is 11.8 Å². The Morgan fingerprint density at radius 3 is 2.68 bits per heavy atom. The van der Waals surface area contributed by atoms with Crippen molar-refractivity contribution >= 4 is 28.8 Å². The van der Waals surface area contributed by atoms with E-state index in [1.807, 2.05) is 48.7 Å². The Labute approximate surface area is 134 Å². The molecule has 1 N–H and O–H groups in total. The maximum absolute atomic E-state index is 11.8. The minimum atomic E-state index is -0.0295. The molecule has 1 aromatic heterocycles. The van der Waals surface area contributed by atoms with E-state index in [4.69, 9.17) is 0 Å². The van der Waals surface area contributed by atoms with Gasteiger partial charge in [0.15, 0.2) is 0 Å². The Bertz CT molecular complexity index is 638. The number of aryl methyl sites for hydroxylation is 1. The van der Waals surface area contributed by atoms with E-state index in [1.165, 1.54) is 6.92 Å². The van der Waals surface area contributed by atoms with Gasteiger partial charge in [0.1, 0.15) is 0 Å². The molecule has 0 saturated carbocycles. The van der Waals surface area contributed by atoms with Crippen molar-refractivity contribution in [1.82, 2.24) is 5.32 Å². The molecular weight excluding hydrogens is 296 g/mol. The first kappa shape index (κ1) is 16.2. The van der Waals surface area contributed by atoms with Crippen LogP contribution in [0.2, 0.25) is 0 Å². The van der Waals surface area contributed by atoms with E-state index in [9.17, 15) is 9.59 Å². The molecule has 22 heavy (non-hydrogen) atoms. The third-order valence-electron chi connectivity index (χ3n) is 3.27. The van der Waals surface area contributed by atoms with E-state index in [0.717, 1.165) is 16.1 Å². The van der Waals surface area contributed by atoms with E-state index in [2.05, 4.69) is 5.32 Å². The Morgan fingerprint density at radius 2 is 2.05 bits per heavy atom. The summed E-state index contributed by atoms with van der Waals surface area (Å²) in [4.78, 5) is 26.4. The molecule has 0 atom stereocenters. The Hall–Kier alpha value is -2.14. The van der Waals surface area contributed by atoms with Gasteiger partial charge in [-0.15, -0.1) is 11.3 Å². The van der Waals surface area contributed by atoms with Crippen LogP contribution in [0.5, 0.6) is 0 Å². The van der Waals surface area contributed by atoms with Gasteiger partial charge in [-0.05, 0) is 36.1 Å². The molecule has 0 radical (unpaired) electrons.